The van der Waals surface area contributed by atoms with Crippen molar-refractivity contribution < 1.29 is 13.2 Å². The topological polar surface area (TPSA) is 96.3 Å². The Morgan fingerprint density at radius 1 is 1.28 bits per heavy atom. The van der Waals surface area contributed by atoms with Crippen molar-refractivity contribution in [1.82, 2.24) is 24.5 Å². The van der Waals surface area contributed by atoms with Gasteiger partial charge >= 0.3 is 0 Å². The fourth-order valence-electron chi connectivity index (χ4n) is 2.86. The van der Waals surface area contributed by atoms with Gasteiger partial charge in [0.2, 0.25) is 5.91 Å². The molecule has 8 nitrogen and oxygen atoms in total. The van der Waals surface area contributed by atoms with Crippen LogP contribution >= 0.6 is 12.4 Å². The van der Waals surface area contributed by atoms with Crippen molar-refractivity contribution >= 4 is 28.3 Å². The summed E-state index contributed by atoms with van der Waals surface area (Å²) in [6, 6.07) is 0.472. The van der Waals surface area contributed by atoms with Crippen LogP contribution in [-0.2, 0) is 21.9 Å². The zero-order valence-electron chi connectivity index (χ0n) is 14.3. The molecule has 0 aromatic carbocycles. The Morgan fingerprint density at radius 3 is 2.52 bits per heavy atom. The van der Waals surface area contributed by atoms with Crippen LogP contribution in [0.25, 0.3) is 0 Å². The number of amides is 1. The molecular formula is C15H26ClN5O3S. The molecule has 0 bridgehead atoms. The van der Waals surface area contributed by atoms with E-state index in [-0.39, 0.29) is 29.9 Å². The minimum Gasteiger partial charge on any atom is -0.341 e. The maximum Gasteiger partial charge on any atom is 0.260 e. The minimum absolute atomic E-state index is 0. The van der Waals surface area contributed by atoms with Gasteiger partial charge in [0.25, 0.3) is 10.0 Å². The molecule has 0 radical (unpaired) electrons. The number of halogens is 1. The van der Waals surface area contributed by atoms with Crippen molar-refractivity contribution in [3.05, 3.63) is 12.5 Å². The van der Waals surface area contributed by atoms with Crippen molar-refractivity contribution in [2.75, 3.05) is 26.2 Å². The molecule has 0 atom stereocenters. The first kappa shape index (κ1) is 20.2. The number of nitrogens with zero attached hydrogens (tertiary/aromatic N) is 3. The summed E-state index contributed by atoms with van der Waals surface area (Å²) in [4.78, 5) is 17.8. The zero-order valence-corrected chi connectivity index (χ0v) is 16.0. The van der Waals surface area contributed by atoms with Gasteiger partial charge in [0.1, 0.15) is 0 Å². The molecule has 0 unspecified atom stereocenters. The maximum absolute atomic E-state index is 12.2. The van der Waals surface area contributed by atoms with E-state index < -0.39 is 10.0 Å². The molecular weight excluding hydrogens is 366 g/mol. The zero-order chi connectivity index (χ0) is 17.2. The second kappa shape index (κ2) is 8.48. The number of hydrogen-bond donors (Lipinski definition) is 2. The summed E-state index contributed by atoms with van der Waals surface area (Å²) in [6.07, 6.45) is 7.33. The van der Waals surface area contributed by atoms with Gasteiger partial charge in [-0.1, -0.05) is 0 Å². The van der Waals surface area contributed by atoms with Crippen LogP contribution in [0.2, 0.25) is 0 Å². The number of sulfonamides is 1. The first-order valence-corrected chi connectivity index (χ1v) is 9.91. The van der Waals surface area contributed by atoms with E-state index in [0.29, 0.717) is 19.1 Å². The summed E-state index contributed by atoms with van der Waals surface area (Å²) in [5.41, 5.74) is 0. The Hall–Kier alpha value is -1.16. The number of likely N-dealkylation sites (tertiary alicyclic amines) is 1. The number of aromatic nitrogens is 2. The number of rotatable bonds is 7. The van der Waals surface area contributed by atoms with Crippen LogP contribution in [0.4, 0.5) is 0 Å². The van der Waals surface area contributed by atoms with Gasteiger partial charge in [-0.25, -0.2) is 18.1 Å². The Labute approximate surface area is 154 Å². The van der Waals surface area contributed by atoms with Crippen LogP contribution in [-0.4, -0.2) is 61.0 Å². The fraction of sp³-hybridized carbons (Fsp3) is 0.733. The third-order valence-corrected chi connectivity index (χ3v) is 5.90. The summed E-state index contributed by atoms with van der Waals surface area (Å²) < 4.78 is 28.0. The van der Waals surface area contributed by atoms with E-state index in [9.17, 15) is 13.2 Å². The molecule has 1 aromatic heterocycles. The number of carbonyl (C=O) groups excluding carboxylic acids is 1. The molecule has 1 amide bonds. The normalized spacial score (nSPS) is 18.8. The van der Waals surface area contributed by atoms with E-state index in [2.05, 4.69) is 15.0 Å². The summed E-state index contributed by atoms with van der Waals surface area (Å²) in [7, 11) is -2.04. The predicted octanol–water partition coefficient (Wildman–Crippen LogP) is 0.111. The predicted molar refractivity (Wildman–Crippen MR) is 96.0 cm³/mol. The second-order valence-electron chi connectivity index (χ2n) is 6.71. The molecule has 1 saturated carbocycles. The lowest BCUT2D eigenvalue weighted by Crippen LogP contribution is -2.48. The van der Waals surface area contributed by atoms with Crippen molar-refractivity contribution in [2.45, 2.75) is 36.8 Å². The van der Waals surface area contributed by atoms with E-state index >= 15 is 0 Å². The number of imidazole rings is 1. The Kier molecular flexibility index (Phi) is 6.84. The van der Waals surface area contributed by atoms with Crippen LogP contribution in [0.3, 0.4) is 0 Å². The van der Waals surface area contributed by atoms with E-state index in [0.717, 1.165) is 25.3 Å². The van der Waals surface area contributed by atoms with Crippen molar-refractivity contribution in [3.8, 4) is 0 Å². The molecule has 2 N–H and O–H groups in total. The number of nitrogens with one attached hydrogen (secondary N) is 2. The quantitative estimate of drug-likeness (QED) is 0.687. The first-order valence-electron chi connectivity index (χ1n) is 8.43. The van der Waals surface area contributed by atoms with Crippen LogP contribution in [0, 0.1) is 5.92 Å². The highest BCUT2D eigenvalue weighted by molar-refractivity contribution is 7.89. The molecule has 1 aliphatic carbocycles. The van der Waals surface area contributed by atoms with Gasteiger partial charge in [-0.3, -0.25) is 4.79 Å². The lowest BCUT2D eigenvalue weighted by molar-refractivity contribution is -0.131. The maximum atomic E-state index is 12.2. The van der Waals surface area contributed by atoms with Crippen molar-refractivity contribution in [3.63, 3.8) is 0 Å². The molecule has 2 heterocycles. The van der Waals surface area contributed by atoms with Gasteiger partial charge in [-0.2, -0.15) is 0 Å². The van der Waals surface area contributed by atoms with Crippen LogP contribution in [0.15, 0.2) is 17.6 Å². The summed E-state index contributed by atoms with van der Waals surface area (Å²) in [5, 5.41) is 3.49. The third-order valence-electron chi connectivity index (χ3n) is 4.61. The second-order valence-corrected chi connectivity index (χ2v) is 8.42. The van der Waals surface area contributed by atoms with Gasteiger partial charge < -0.3 is 14.8 Å². The number of aryl methyl sites for hydroxylation is 1. The highest BCUT2D eigenvalue weighted by Crippen LogP contribution is 2.28. The average Bonchev–Trinajstić information content (AvgIpc) is 3.30. The molecule has 2 aliphatic rings. The largest absolute Gasteiger partial charge is 0.341 e. The fourth-order valence-corrected chi connectivity index (χ4v) is 3.81. The Morgan fingerprint density at radius 2 is 1.96 bits per heavy atom. The lowest BCUT2D eigenvalue weighted by Gasteiger charge is -2.32. The van der Waals surface area contributed by atoms with Crippen LogP contribution < -0.4 is 10.0 Å². The van der Waals surface area contributed by atoms with Gasteiger partial charge in [0.05, 0.1) is 12.9 Å². The van der Waals surface area contributed by atoms with Crippen molar-refractivity contribution in [2.24, 2.45) is 13.0 Å². The molecule has 1 aromatic rings. The molecule has 2 fully saturated rings. The molecule has 25 heavy (non-hydrogen) atoms. The molecule has 3 rings (SSSR count). The van der Waals surface area contributed by atoms with Gasteiger partial charge in [0.15, 0.2) is 5.03 Å². The number of carbonyl (C=O) groups is 1. The van der Waals surface area contributed by atoms with E-state index in [1.54, 1.807) is 16.5 Å². The SMILES string of the molecule is Cl.Cn1cnc(S(=O)(=O)NCC(=O)N2CCC(NCC3CC3)CC2)c1. The lowest BCUT2D eigenvalue weighted by atomic mass is 10.0. The molecule has 1 saturated heterocycles. The monoisotopic (exact) mass is 391 g/mol. The number of hydrogen-bond acceptors (Lipinski definition) is 5. The minimum atomic E-state index is -3.74. The van der Waals surface area contributed by atoms with Crippen LogP contribution in [0.1, 0.15) is 25.7 Å². The van der Waals surface area contributed by atoms with Crippen molar-refractivity contribution in [1.29, 1.82) is 0 Å². The van der Waals surface area contributed by atoms with E-state index in [1.807, 2.05) is 0 Å². The van der Waals surface area contributed by atoms with Crippen LogP contribution in [0.5, 0.6) is 0 Å². The number of piperidine rings is 1. The third kappa shape index (κ3) is 5.67. The first-order chi connectivity index (χ1) is 11.4. The summed E-state index contributed by atoms with van der Waals surface area (Å²) in [6.45, 7) is 2.21. The summed E-state index contributed by atoms with van der Waals surface area (Å²) in [5.74, 6) is 0.667. The molecule has 0 spiro atoms. The molecule has 142 valence electrons. The highest BCUT2D eigenvalue weighted by Gasteiger charge is 2.26. The molecule has 10 heteroatoms. The van der Waals surface area contributed by atoms with E-state index in [4.69, 9.17) is 0 Å². The van der Waals surface area contributed by atoms with Gasteiger partial charge in [-0.05, 0) is 38.1 Å². The standard InChI is InChI=1S/C15H25N5O3S.ClH/c1-19-10-14(17-11-19)24(22,23)18-9-15(21)20-6-4-13(5-7-20)16-8-12-2-3-12;/h10-13,16,18H,2-9H2,1H3;1H. The highest BCUT2D eigenvalue weighted by atomic mass is 35.5. The molecule has 1 aliphatic heterocycles. The summed E-state index contributed by atoms with van der Waals surface area (Å²) >= 11 is 0. The average molecular weight is 392 g/mol. The Bertz CT molecular complexity index is 681. The smallest absolute Gasteiger partial charge is 0.260 e. The van der Waals surface area contributed by atoms with E-state index in [1.165, 1.54) is 25.4 Å². The Balaban J connectivity index is 0.00000225. The van der Waals surface area contributed by atoms with Gasteiger partial charge in [0, 0.05) is 32.4 Å². The van der Waals surface area contributed by atoms with Gasteiger partial charge in [-0.15, -0.1) is 12.4 Å².